The molecule has 1 N–H and O–H groups in total. The van der Waals surface area contributed by atoms with Crippen LogP contribution in [0, 0.1) is 12.3 Å². The minimum Gasteiger partial charge on any atom is -0.331 e. The second-order valence-electron chi connectivity index (χ2n) is 2.36. The molecule has 16 heavy (non-hydrogen) atoms. The molecular weight excluding hydrogens is 200 g/mol. The highest BCUT2D eigenvalue weighted by molar-refractivity contribution is 5.87. The van der Waals surface area contributed by atoms with Crippen LogP contribution >= 0.6 is 0 Å². The van der Waals surface area contributed by atoms with Crippen LogP contribution in [0.4, 0.5) is 0 Å². The number of hydrogen-bond acceptors (Lipinski definition) is 2. The summed E-state index contributed by atoms with van der Waals surface area (Å²) < 4.78 is 0. The monoisotopic (exact) mass is 226 g/mol. The van der Waals surface area contributed by atoms with Gasteiger partial charge in [-0.25, -0.2) is 0 Å². The molecule has 94 valence electrons. The Morgan fingerprint density at radius 1 is 1.38 bits per heavy atom. The van der Waals surface area contributed by atoms with Gasteiger partial charge in [0.05, 0.1) is 6.54 Å². The number of nitrogens with one attached hydrogen (secondary N) is 1. The second kappa shape index (κ2) is 19.3. The number of terminal acetylenes is 1. The molecule has 0 aromatic rings. The van der Waals surface area contributed by atoms with Crippen molar-refractivity contribution >= 4 is 5.91 Å². The van der Waals surface area contributed by atoms with Crippen LogP contribution in [-0.4, -0.2) is 38.0 Å². The van der Waals surface area contributed by atoms with E-state index in [0.717, 1.165) is 0 Å². The predicted octanol–water partition coefficient (Wildman–Crippen LogP) is 1.91. The van der Waals surface area contributed by atoms with Gasteiger partial charge in [-0.2, -0.15) is 0 Å². The molecule has 0 saturated carbocycles. The van der Waals surface area contributed by atoms with E-state index in [1.807, 2.05) is 34.7 Å². The number of rotatable bonds is 4. The molecule has 0 heterocycles. The number of carbonyl (C=O) groups is 1. The van der Waals surface area contributed by atoms with Gasteiger partial charge in [-0.3, -0.25) is 4.79 Å². The summed E-state index contributed by atoms with van der Waals surface area (Å²) in [5, 5.41) is 2.90. The average Bonchev–Trinajstić information content (AvgIpc) is 2.34. The molecule has 0 rings (SSSR count). The standard InChI is InChI=1S/C9H14N2O.2C2H6/c1-4-8-11(3)9(12)6-5-7-10-2;2*1-2/h1,5-6,10H,7-8H2,2-3H3;2*1-2H3/b6-5+;;. The van der Waals surface area contributed by atoms with Crippen LogP contribution in [-0.2, 0) is 4.79 Å². The van der Waals surface area contributed by atoms with Crippen LogP contribution in [0.15, 0.2) is 12.2 Å². The topological polar surface area (TPSA) is 32.3 Å². The van der Waals surface area contributed by atoms with E-state index in [0.29, 0.717) is 13.1 Å². The van der Waals surface area contributed by atoms with Gasteiger partial charge in [-0.05, 0) is 7.05 Å². The first-order valence-electron chi connectivity index (χ1n) is 5.72. The maximum Gasteiger partial charge on any atom is 0.246 e. The van der Waals surface area contributed by atoms with E-state index < -0.39 is 0 Å². The van der Waals surface area contributed by atoms with Crippen molar-refractivity contribution in [2.24, 2.45) is 0 Å². The van der Waals surface area contributed by atoms with Crippen LogP contribution in [0.2, 0.25) is 0 Å². The third kappa shape index (κ3) is 15.2. The third-order valence-electron chi connectivity index (χ3n) is 1.29. The van der Waals surface area contributed by atoms with E-state index >= 15 is 0 Å². The third-order valence-corrected chi connectivity index (χ3v) is 1.29. The molecule has 0 unspecified atom stereocenters. The molecule has 0 aromatic carbocycles. The highest BCUT2D eigenvalue weighted by Crippen LogP contribution is 1.84. The zero-order chi connectivity index (χ0) is 13.4. The lowest BCUT2D eigenvalue weighted by Crippen LogP contribution is -2.25. The molecule has 0 atom stereocenters. The van der Waals surface area contributed by atoms with Gasteiger partial charge in [-0.1, -0.05) is 39.7 Å². The molecule has 3 nitrogen and oxygen atoms in total. The molecule has 0 aromatic heterocycles. The molecule has 1 amide bonds. The van der Waals surface area contributed by atoms with Crippen molar-refractivity contribution in [1.29, 1.82) is 0 Å². The predicted molar refractivity (Wildman–Crippen MR) is 72.2 cm³/mol. The van der Waals surface area contributed by atoms with Gasteiger partial charge < -0.3 is 10.2 Å². The van der Waals surface area contributed by atoms with E-state index in [2.05, 4.69) is 11.2 Å². The summed E-state index contributed by atoms with van der Waals surface area (Å²) in [6.07, 6.45) is 8.31. The fraction of sp³-hybridized carbons (Fsp3) is 0.615. The van der Waals surface area contributed by atoms with E-state index in [9.17, 15) is 4.79 Å². The number of hydrogen-bond donors (Lipinski definition) is 1. The average molecular weight is 226 g/mol. The Balaban J connectivity index is -0.000000376. The Morgan fingerprint density at radius 2 is 1.88 bits per heavy atom. The first-order chi connectivity index (χ1) is 7.72. The van der Waals surface area contributed by atoms with Crippen molar-refractivity contribution in [1.82, 2.24) is 10.2 Å². The summed E-state index contributed by atoms with van der Waals surface area (Å²) in [4.78, 5) is 12.6. The fourth-order valence-corrected chi connectivity index (χ4v) is 0.620. The summed E-state index contributed by atoms with van der Waals surface area (Å²) >= 11 is 0. The number of amides is 1. The van der Waals surface area contributed by atoms with Crippen molar-refractivity contribution in [2.75, 3.05) is 27.2 Å². The van der Waals surface area contributed by atoms with Crippen molar-refractivity contribution in [2.45, 2.75) is 27.7 Å². The lowest BCUT2D eigenvalue weighted by Gasteiger charge is -2.09. The molecule has 0 fully saturated rings. The molecular formula is C13H26N2O. The van der Waals surface area contributed by atoms with E-state index in [-0.39, 0.29) is 5.91 Å². The minimum atomic E-state index is -0.0665. The molecule has 0 bridgehead atoms. The molecule has 3 heteroatoms. The summed E-state index contributed by atoms with van der Waals surface area (Å²) in [7, 11) is 3.49. The van der Waals surface area contributed by atoms with Crippen LogP contribution in [0.5, 0.6) is 0 Å². The summed E-state index contributed by atoms with van der Waals surface area (Å²) in [6, 6.07) is 0. The van der Waals surface area contributed by atoms with Crippen molar-refractivity contribution in [3.63, 3.8) is 0 Å². The molecule has 0 saturated heterocycles. The lowest BCUT2D eigenvalue weighted by atomic mass is 10.4. The van der Waals surface area contributed by atoms with Crippen molar-refractivity contribution in [3.05, 3.63) is 12.2 Å². The quantitative estimate of drug-likeness (QED) is 0.586. The van der Waals surface area contributed by atoms with Gasteiger partial charge in [-0.15, -0.1) is 6.42 Å². The largest absolute Gasteiger partial charge is 0.331 e. The minimum absolute atomic E-state index is 0.0665. The summed E-state index contributed by atoms with van der Waals surface area (Å²) in [5.41, 5.74) is 0. The van der Waals surface area contributed by atoms with Crippen LogP contribution in [0.3, 0.4) is 0 Å². The zero-order valence-corrected chi connectivity index (χ0v) is 11.5. The molecule has 0 aliphatic heterocycles. The normalized spacial score (nSPS) is 8.06. The van der Waals surface area contributed by atoms with Crippen molar-refractivity contribution < 1.29 is 4.79 Å². The summed E-state index contributed by atoms with van der Waals surface area (Å²) in [5.74, 6) is 2.33. The second-order valence-corrected chi connectivity index (χ2v) is 2.36. The van der Waals surface area contributed by atoms with Crippen LogP contribution in [0.25, 0.3) is 0 Å². The fourth-order valence-electron chi connectivity index (χ4n) is 0.620. The van der Waals surface area contributed by atoms with Gasteiger partial charge in [0.15, 0.2) is 0 Å². The maximum atomic E-state index is 11.1. The maximum absolute atomic E-state index is 11.1. The highest BCUT2D eigenvalue weighted by Gasteiger charge is 2.00. The van der Waals surface area contributed by atoms with Gasteiger partial charge >= 0.3 is 0 Å². The number of nitrogens with zero attached hydrogens (tertiary/aromatic N) is 1. The molecule has 0 spiro atoms. The molecule has 0 aliphatic carbocycles. The van der Waals surface area contributed by atoms with Crippen molar-refractivity contribution in [3.8, 4) is 12.3 Å². The van der Waals surface area contributed by atoms with Gasteiger partial charge in [0, 0.05) is 19.7 Å². The first-order valence-corrected chi connectivity index (χ1v) is 5.72. The summed E-state index contributed by atoms with van der Waals surface area (Å²) in [6.45, 7) is 9.04. The smallest absolute Gasteiger partial charge is 0.246 e. The Labute approximate surface area is 101 Å². The zero-order valence-electron chi connectivity index (χ0n) is 11.5. The van der Waals surface area contributed by atoms with Crippen LogP contribution in [0.1, 0.15) is 27.7 Å². The van der Waals surface area contributed by atoms with E-state index in [1.165, 1.54) is 11.0 Å². The molecule has 0 aliphatic rings. The van der Waals surface area contributed by atoms with E-state index in [1.54, 1.807) is 13.1 Å². The van der Waals surface area contributed by atoms with Gasteiger partial charge in [0.2, 0.25) is 5.91 Å². The highest BCUT2D eigenvalue weighted by atomic mass is 16.2. The Bertz CT molecular complexity index is 204. The molecule has 0 radical (unpaired) electrons. The van der Waals surface area contributed by atoms with Gasteiger partial charge in [0.25, 0.3) is 0 Å². The Morgan fingerprint density at radius 3 is 2.25 bits per heavy atom. The first kappa shape index (κ1) is 20.2. The SMILES string of the molecule is C#CCN(C)C(=O)/C=C/CNC.CC.CC. The number of carbonyl (C=O) groups excluding carboxylic acids is 1. The van der Waals surface area contributed by atoms with Gasteiger partial charge in [0.1, 0.15) is 0 Å². The Kier molecular flexibility index (Phi) is 24.4. The Hall–Kier alpha value is -1.27. The lowest BCUT2D eigenvalue weighted by molar-refractivity contribution is -0.124. The number of likely N-dealkylation sites (N-methyl/N-ethyl adjacent to an activating group) is 2. The van der Waals surface area contributed by atoms with E-state index in [4.69, 9.17) is 6.42 Å². The van der Waals surface area contributed by atoms with Crippen LogP contribution < -0.4 is 5.32 Å².